The number of carbonyl (C=O) groups is 1. The van der Waals surface area contributed by atoms with Crippen molar-refractivity contribution in [1.82, 2.24) is 4.31 Å². The quantitative estimate of drug-likeness (QED) is 0.498. The van der Waals surface area contributed by atoms with Gasteiger partial charge in [-0.2, -0.15) is 0 Å². The number of rotatable bonds is 3. The fourth-order valence-electron chi connectivity index (χ4n) is 3.60. The van der Waals surface area contributed by atoms with Crippen molar-refractivity contribution in [2.24, 2.45) is 0 Å². The van der Waals surface area contributed by atoms with E-state index in [4.69, 9.17) is 4.74 Å². The number of nitrogens with zero attached hydrogens (tertiary/aromatic N) is 2. The van der Waals surface area contributed by atoms with E-state index in [1.165, 1.54) is 0 Å². The molecular formula is C19H16Br2F2N2O3S. The molecule has 1 atom stereocenters. The molecule has 2 aromatic carbocycles. The minimum absolute atomic E-state index is 0.0108. The molecular weight excluding hydrogens is 534 g/mol. The summed E-state index contributed by atoms with van der Waals surface area (Å²) in [5.74, 6) is -1.39. The van der Waals surface area contributed by atoms with Crippen molar-refractivity contribution in [3.63, 3.8) is 0 Å². The molecule has 1 amide bonds. The van der Waals surface area contributed by atoms with Crippen molar-refractivity contribution in [1.29, 1.82) is 0 Å². The van der Waals surface area contributed by atoms with Crippen LogP contribution in [0.15, 0.2) is 44.2 Å². The van der Waals surface area contributed by atoms with E-state index in [1.54, 1.807) is 9.21 Å². The lowest BCUT2D eigenvalue weighted by atomic mass is 10.0. The Hall–Kier alpha value is -1.36. The smallest absolute Gasteiger partial charge is 0.414 e. The SMILES string of the molecule is O=C1OCc2cc(Br)ccc2N1C1CCN(S(=O)c2cc(F)c(Br)cc2F)CC1. The fraction of sp³-hybridized carbons (Fsp3) is 0.316. The molecule has 154 valence electrons. The molecule has 2 aliphatic rings. The molecule has 2 heterocycles. The van der Waals surface area contributed by atoms with Crippen LogP contribution in [0.3, 0.4) is 0 Å². The Morgan fingerprint density at radius 3 is 2.52 bits per heavy atom. The number of halogens is 4. The van der Waals surface area contributed by atoms with Crippen molar-refractivity contribution < 1.29 is 22.5 Å². The number of benzene rings is 2. The maximum Gasteiger partial charge on any atom is 0.414 e. The molecule has 0 aliphatic carbocycles. The average molecular weight is 550 g/mol. The third kappa shape index (κ3) is 4.12. The normalized spacial score (nSPS) is 19.0. The van der Waals surface area contributed by atoms with E-state index in [0.29, 0.717) is 25.9 Å². The van der Waals surface area contributed by atoms with Gasteiger partial charge in [0.2, 0.25) is 0 Å². The molecule has 1 saturated heterocycles. The Morgan fingerprint density at radius 2 is 1.79 bits per heavy atom. The zero-order valence-electron chi connectivity index (χ0n) is 15.0. The largest absolute Gasteiger partial charge is 0.444 e. The molecule has 0 saturated carbocycles. The van der Waals surface area contributed by atoms with Crippen LogP contribution in [0.25, 0.3) is 0 Å². The number of cyclic esters (lactones) is 1. The molecule has 0 aromatic heterocycles. The highest BCUT2D eigenvalue weighted by atomic mass is 79.9. The van der Waals surface area contributed by atoms with Gasteiger partial charge in [-0.1, -0.05) is 15.9 Å². The number of fused-ring (bicyclic) bond motifs is 1. The molecule has 0 N–H and O–H groups in total. The highest BCUT2D eigenvalue weighted by Gasteiger charge is 2.35. The van der Waals surface area contributed by atoms with Crippen LogP contribution in [0.4, 0.5) is 19.3 Å². The van der Waals surface area contributed by atoms with Crippen LogP contribution in [0, 0.1) is 11.6 Å². The second-order valence-corrected chi connectivity index (χ2v) is 10.0. The summed E-state index contributed by atoms with van der Waals surface area (Å²) in [7, 11) is -1.82. The van der Waals surface area contributed by atoms with E-state index in [9.17, 15) is 17.8 Å². The van der Waals surface area contributed by atoms with Crippen LogP contribution in [-0.2, 0) is 22.3 Å². The first kappa shape index (κ1) is 20.9. The van der Waals surface area contributed by atoms with Gasteiger partial charge in [-0.3, -0.25) is 4.90 Å². The summed E-state index contributed by atoms with van der Waals surface area (Å²) in [5, 5.41) is 0. The fourth-order valence-corrected chi connectivity index (χ4v) is 5.58. The number of hydrogen-bond donors (Lipinski definition) is 0. The molecule has 1 fully saturated rings. The Labute approximate surface area is 185 Å². The monoisotopic (exact) mass is 548 g/mol. The van der Waals surface area contributed by atoms with Crippen molar-refractivity contribution in [3.8, 4) is 0 Å². The molecule has 29 heavy (non-hydrogen) atoms. The zero-order valence-corrected chi connectivity index (χ0v) is 19.0. The van der Waals surface area contributed by atoms with E-state index in [2.05, 4.69) is 31.9 Å². The zero-order chi connectivity index (χ0) is 20.7. The van der Waals surface area contributed by atoms with Crippen LogP contribution >= 0.6 is 31.9 Å². The van der Waals surface area contributed by atoms with Crippen molar-refractivity contribution in [3.05, 3.63) is 56.5 Å². The van der Waals surface area contributed by atoms with Gasteiger partial charge in [0, 0.05) is 29.2 Å². The summed E-state index contributed by atoms with van der Waals surface area (Å²) in [6.45, 7) is 0.982. The minimum Gasteiger partial charge on any atom is -0.444 e. The predicted molar refractivity (Wildman–Crippen MR) is 112 cm³/mol. The molecule has 0 radical (unpaired) electrons. The van der Waals surface area contributed by atoms with E-state index < -0.39 is 28.7 Å². The van der Waals surface area contributed by atoms with Crippen LogP contribution in [0.5, 0.6) is 0 Å². The van der Waals surface area contributed by atoms with Gasteiger partial charge < -0.3 is 4.74 Å². The lowest BCUT2D eigenvalue weighted by Crippen LogP contribution is -2.49. The lowest BCUT2D eigenvalue weighted by Gasteiger charge is -2.39. The first-order valence-electron chi connectivity index (χ1n) is 8.91. The number of piperidine rings is 1. The van der Waals surface area contributed by atoms with Crippen molar-refractivity contribution >= 4 is 54.6 Å². The topological polar surface area (TPSA) is 49.9 Å². The van der Waals surface area contributed by atoms with Crippen LogP contribution in [0.1, 0.15) is 18.4 Å². The van der Waals surface area contributed by atoms with Crippen LogP contribution in [-0.4, -0.2) is 33.7 Å². The highest BCUT2D eigenvalue weighted by Crippen LogP contribution is 2.34. The predicted octanol–water partition coefficient (Wildman–Crippen LogP) is 5.13. The Morgan fingerprint density at radius 1 is 1.07 bits per heavy atom. The second-order valence-electron chi connectivity index (χ2n) is 6.80. The van der Waals surface area contributed by atoms with Gasteiger partial charge in [0.1, 0.15) is 29.2 Å². The summed E-state index contributed by atoms with van der Waals surface area (Å²) in [4.78, 5) is 13.9. The van der Waals surface area contributed by atoms with E-state index in [-0.39, 0.29) is 22.0 Å². The van der Waals surface area contributed by atoms with Gasteiger partial charge in [0.05, 0.1) is 15.1 Å². The second kappa shape index (κ2) is 8.41. The maximum atomic E-state index is 14.2. The molecule has 2 aliphatic heterocycles. The first-order valence-corrected chi connectivity index (χ1v) is 11.6. The third-order valence-electron chi connectivity index (χ3n) is 5.03. The number of hydrogen-bond acceptors (Lipinski definition) is 3. The number of anilines is 1. The standard InChI is InChI=1S/C19H16Br2F2N2O3S/c20-12-1-2-17-11(7-12)10-28-19(26)25(17)13-3-5-24(6-4-13)29(27)18-9-15(22)14(21)8-16(18)23/h1-2,7-9,13H,3-6,10H2. The van der Waals surface area contributed by atoms with E-state index in [0.717, 1.165) is 27.9 Å². The highest BCUT2D eigenvalue weighted by molar-refractivity contribution is 9.10. The first-order chi connectivity index (χ1) is 13.8. The summed E-state index contributed by atoms with van der Waals surface area (Å²) in [6, 6.07) is 7.49. The summed E-state index contributed by atoms with van der Waals surface area (Å²) >= 11 is 6.34. The van der Waals surface area contributed by atoms with Gasteiger partial charge in [-0.25, -0.2) is 22.1 Å². The van der Waals surface area contributed by atoms with Crippen LogP contribution < -0.4 is 4.90 Å². The third-order valence-corrected chi connectivity index (χ3v) is 7.66. The molecule has 1 unspecified atom stereocenters. The Kier molecular flexibility index (Phi) is 6.06. The number of carbonyl (C=O) groups excluding carboxylic acids is 1. The summed E-state index contributed by atoms with van der Waals surface area (Å²) in [5.41, 5.74) is 1.72. The molecule has 0 bridgehead atoms. The van der Waals surface area contributed by atoms with Crippen LogP contribution in [0.2, 0.25) is 0 Å². The van der Waals surface area contributed by atoms with Gasteiger partial charge in [0.25, 0.3) is 0 Å². The number of ether oxygens (including phenoxy) is 1. The Balaban J connectivity index is 1.50. The molecule has 0 spiro atoms. The maximum absolute atomic E-state index is 14.2. The minimum atomic E-state index is -1.82. The van der Waals surface area contributed by atoms with Crippen molar-refractivity contribution in [2.45, 2.75) is 30.4 Å². The molecule has 4 rings (SSSR count). The number of amides is 1. The lowest BCUT2D eigenvalue weighted by molar-refractivity contribution is 0.136. The van der Waals surface area contributed by atoms with E-state index >= 15 is 0 Å². The molecule has 2 aromatic rings. The molecule has 5 nitrogen and oxygen atoms in total. The van der Waals surface area contributed by atoms with Gasteiger partial charge in [-0.05, 0) is 59.1 Å². The van der Waals surface area contributed by atoms with Gasteiger partial charge >= 0.3 is 6.09 Å². The van der Waals surface area contributed by atoms with Gasteiger partial charge in [-0.15, -0.1) is 0 Å². The Bertz CT molecular complexity index is 1000. The van der Waals surface area contributed by atoms with E-state index in [1.807, 2.05) is 18.2 Å². The summed E-state index contributed by atoms with van der Waals surface area (Å²) < 4.78 is 48.5. The molecule has 10 heteroatoms. The van der Waals surface area contributed by atoms with Crippen molar-refractivity contribution in [2.75, 3.05) is 18.0 Å². The summed E-state index contributed by atoms with van der Waals surface area (Å²) in [6.07, 6.45) is 0.675. The average Bonchev–Trinajstić information content (AvgIpc) is 2.70. The van der Waals surface area contributed by atoms with Gasteiger partial charge in [0.15, 0.2) is 0 Å².